The van der Waals surface area contributed by atoms with Gasteiger partial charge in [-0.25, -0.2) is 0 Å². The first-order chi connectivity index (χ1) is 10.1. The summed E-state index contributed by atoms with van der Waals surface area (Å²) < 4.78 is 0. The lowest BCUT2D eigenvalue weighted by Crippen LogP contribution is -2.12. The number of rotatable bonds is 2. The summed E-state index contributed by atoms with van der Waals surface area (Å²) in [7, 11) is 0. The van der Waals surface area contributed by atoms with Crippen LogP contribution in [0.3, 0.4) is 0 Å². The molecular formula is C15H10ClN3O2. The molecule has 1 aromatic carbocycles. The van der Waals surface area contributed by atoms with Crippen LogP contribution in [-0.2, 0) is 0 Å². The number of aromatic hydroxyl groups is 1. The number of benzene rings is 1. The molecule has 2 aromatic heterocycles. The van der Waals surface area contributed by atoms with Crippen molar-refractivity contribution in [2.75, 3.05) is 0 Å². The molecule has 6 heteroatoms. The van der Waals surface area contributed by atoms with Crippen molar-refractivity contribution in [2.45, 2.75) is 0 Å². The van der Waals surface area contributed by atoms with Crippen molar-refractivity contribution in [3.63, 3.8) is 0 Å². The van der Waals surface area contributed by atoms with Gasteiger partial charge in [0.15, 0.2) is 0 Å². The van der Waals surface area contributed by atoms with Gasteiger partial charge in [-0.1, -0.05) is 23.7 Å². The molecule has 0 aliphatic heterocycles. The van der Waals surface area contributed by atoms with E-state index >= 15 is 0 Å². The number of nitrogens with zero attached hydrogens (tertiary/aromatic N) is 2. The van der Waals surface area contributed by atoms with Crippen molar-refractivity contribution in [1.29, 1.82) is 0 Å². The predicted molar refractivity (Wildman–Crippen MR) is 80.2 cm³/mol. The zero-order valence-corrected chi connectivity index (χ0v) is 11.5. The molecule has 2 N–H and O–H groups in total. The lowest BCUT2D eigenvalue weighted by molar-refractivity contribution is 0.454. The van der Waals surface area contributed by atoms with Crippen LogP contribution in [0.2, 0.25) is 5.02 Å². The van der Waals surface area contributed by atoms with Crippen LogP contribution in [0, 0.1) is 0 Å². The van der Waals surface area contributed by atoms with Gasteiger partial charge >= 0.3 is 0 Å². The Balaban J connectivity index is 2.13. The summed E-state index contributed by atoms with van der Waals surface area (Å²) in [4.78, 5) is 22.8. The van der Waals surface area contributed by atoms with Crippen LogP contribution in [-0.4, -0.2) is 20.1 Å². The third kappa shape index (κ3) is 2.64. The van der Waals surface area contributed by atoms with Gasteiger partial charge in [0.25, 0.3) is 5.56 Å². The van der Waals surface area contributed by atoms with Crippen LogP contribution in [0.25, 0.3) is 22.5 Å². The molecule has 0 aliphatic rings. The number of halogens is 1. The summed E-state index contributed by atoms with van der Waals surface area (Å²) >= 11 is 5.81. The zero-order valence-electron chi connectivity index (χ0n) is 10.7. The highest BCUT2D eigenvalue weighted by molar-refractivity contribution is 6.30. The summed E-state index contributed by atoms with van der Waals surface area (Å²) in [5.74, 6) is -0.0664. The Morgan fingerprint density at radius 2 is 1.86 bits per heavy atom. The molecule has 0 amide bonds. The van der Waals surface area contributed by atoms with Crippen molar-refractivity contribution in [3.8, 4) is 28.4 Å². The van der Waals surface area contributed by atoms with E-state index in [0.29, 0.717) is 16.1 Å². The Morgan fingerprint density at radius 3 is 2.48 bits per heavy atom. The average molecular weight is 300 g/mol. The molecule has 0 radical (unpaired) electrons. The van der Waals surface area contributed by atoms with E-state index in [9.17, 15) is 9.90 Å². The first kappa shape index (κ1) is 13.3. The van der Waals surface area contributed by atoms with Gasteiger partial charge in [0.1, 0.15) is 11.4 Å². The molecule has 0 atom stereocenters. The molecule has 0 bridgehead atoms. The predicted octanol–water partition coefficient (Wildman–Crippen LogP) is 2.86. The average Bonchev–Trinajstić information content (AvgIpc) is 2.49. The van der Waals surface area contributed by atoms with E-state index in [-0.39, 0.29) is 17.3 Å². The number of hydrogen-bond acceptors (Lipinski definition) is 4. The highest BCUT2D eigenvalue weighted by Crippen LogP contribution is 2.26. The standard InChI is InChI=1S/C15H10ClN3O2/c16-11-5-3-9(4-6-11)12-14(20)18-13(19-15(12)21)10-2-1-7-17-8-10/h1-8H,(H2,18,19,20,21). The fraction of sp³-hybridized carbons (Fsp3) is 0. The van der Waals surface area contributed by atoms with Gasteiger partial charge in [0.2, 0.25) is 5.88 Å². The summed E-state index contributed by atoms with van der Waals surface area (Å²) in [6.45, 7) is 0. The van der Waals surface area contributed by atoms with Gasteiger partial charge in [0.05, 0.1) is 0 Å². The number of H-pyrrole nitrogens is 1. The Kier molecular flexibility index (Phi) is 3.41. The minimum absolute atomic E-state index is 0.110. The minimum Gasteiger partial charge on any atom is -0.493 e. The molecule has 104 valence electrons. The van der Waals surface area contributed by atoms with Gasteiger partial charge in [-0.05, 0) is 29.8 Å². The molecule has 5 nitrogen and oxygen atoms in total. The fourth-order valence-electron chi connectivity index (χ4n) is 1.98. The lowest BCUT2D eigenvalue weighted by Gasteiger charge is -2.06. The normalized spacial score (nSPS) is 10.5. The molecule has 0 saturated heterocycles. The van der Waals surface area contributed by atoms with E-state index in [2.05, 4.69) is 15.0 Å². The van der Waals surface area contributed by atoms with E-state index < -0.39 is 5.56 Å². The van der Waals surface area contributed by atoms with E-state index in [1.807, 2.05) is 0 Å². The smallest absolute Gasteiger partial charge is 0.262 e. The molecule has 0 fully saturated rings. The van der Waals surface area contributed by atoms with Crippen molar-refractivity contribution < 1.29 is 5.11 Å². The van der Waals surface area contributed by atoms with Crippen LogP contribution >= 0.6 is 11.6 Å². The molecule has 21 heavy (non-hydrogen) atoms. The van der Waals surface area contributed by atoms with Crippen LogP contribution in [0.1, 0.15) is 0 Å². The Morgan fingerprint density at radius 1 is 1.10 bits per heavy atom. The van der Waals surface area contributed by atoms with Gasteiger partial charge in [-0.2, -0.15) is 4.98 Å². The number of nitrogens with one attached hydrogen (secondary N) is 1. The van der Waals surface area contributed by atoms with Crippen LogP contribution in [0.5, 0.6) is 5.88 Å². The number of aromatic amines is 1. The quantitative estimate of drug-likeness (QED) is 0.762. The number of aromatic nitrogens is 3. The largest absolute Gasteiger partial charge is 0.493 e. The van der Waals surface area contributed by atoms with Crippen LogP contribution in [0.15, 0.2) is 53.6 Å². The SMILES string of the molecule is O=c1[nH]c(-c2cccnc2)nc(O)c1-c1ccc(Cl)cc1. The monoisotopic (exact) mass is 299 g/mol. The van der Waals surface area contributed by atoms with Crippen LogP contribution < -0.4 is 5.56 Å². The second kappa shape index (κ2) is 5.38. The highest BCUT2D eigenvalue weighted by Gasteiger charge is 2.13. The minimum atomic E-state index is -0.427. The van der Waals surface area contributed by atoms with Gasteiger partial charge in [-0.15, -0.1) is 0 Å². The Labute approximate surface area is 124 Å². The topological polar surface area (TPSA) is 78.9 Å². The second-order valence-corrected chi connectivity index (χ2v) is 4.80. The molecule has 0 aliphatic carbocycles. The van der Waals surface area contributed by atoms with Gasteiger partial charge < -0.3 is 10.1 Å². The molecule has 0 saturated carbocycles. The fourth-order valence-corrected chi connectivity index (χ4v) is 2.10. The van der Waals surface area contributed by atoms with Gasteiger partial charge in [0, 0.05) is 23.0 Å². The van der Waals surface area contributed by atoms with E-state index in [4.69, 9.17) is 11.6 Å². The third-order valence-electron chi connectivity index (χ3n) is 2.97. The maximum atomic E-state index is 12.2. The number of hydrogen-bond donors (Lipinski definition) is 2. The first-order valence-corrected chi connectivity index (χ1v) is 6.52. The Hall–Kier alpha value is -2.66. The van der Waals surface area contributed by atoms with E-state index in [1.165, 1.54) is 0 Å². The zero-order chi connectivity index (χ0) is 14.8. The summed E-state index contributed by atoms with van der Waals surface area (Å²) in [5, 5.41) is 10.6. The maximum Gasteiger partial charge on any atom is 0.262 e. The van der Waals surface area contributed by atoms with Gasteiger partial charge in [-0.3, -0.25) is 9.78 Å². The summed E-state index contributed by atoms with van der Waals surface area (Å²) in [6, 6.07) is 10.1. The van der Waals surface area contributed by atoms with E-state index in [0.717, 1.165) is 0 Å². The number of pyridine rings is 1. The van der Waals surface area contributed by atoms with Crippen molar-refractivity contribution in [3.05, 3.63) is 64.2 Å². The highest BCUT2D eigenvalue weighted by atomic mass is 35.5. The van der Waals surface area contributed by atoms with Crippen LogP contribution in [0.4, 0.5) is 0 Å². The third-order valence-corrected chi connectivity index (χ3v) is 3.22. The Bertz CT molecular complexity index is 830. The first-order valence-electron chi connectivity index (χ1n) is 6.15. The lowest BCUT2D eigenvalue weighted by atomic mass is 10.1. The second-order valence-electron chi connectivity index (χ2n) is 4.36. The maximum absolute atomic E-state index is 12.2. The molecular weight excluding hydrogens is 290 g/mol. The van der Waals surface area contributed by atoms with E-state index in [1.54, 1.807) is 48.8 Å². The molecule has 2 heterocycles. The van der Waals surface area contributed by atoms with Crippen molar-refractivity contribution in [1.82, 2.24) is 15.0 Å². The summed E-state index contributed by atoms with van der Waals surface area (Å²) in [5.41, 5.74) is 0.846. The molecule has 0 spiro atoms. The molecule has 0 unspecified atom stereocenters. The molecule has 3 aromatic rings. The van der Waals surface area contributed by atoms with Crippen molar-refractivity contribution >= 4 is 11.6 Å². The van der Waals surface area contributed by atoms with Crippen molar-refractivity contribution in [2.24, 2.45) is 0 Å². The molecule has 3 rings (SSSR count). The summed E-state index contributed by atoms with van der Waals surface area (Å²) in [6.07, 6.45) is 3.17.